The Balaban J connectivity index is 0.00000180. The summed E-state index contributed by atoms with van der Waals surface area (Å²) in [6, 6.07) is 3.75. The van der Waals surface area contributed by atoms with Gasteiger partial charge < -0.3 is 14.2 Å². The molecule has 0 aromatic heterocycles. The summed E-state index contributed by atoms with van der Waals surface area (Å²) in [6.45, 7) is 0. The van der Waals surface area contributed by atoms with Crippen LogP contribution in [0.25, 0.3) is 0 Å². The van der Waals surface area contributed by atoms with Gasteiger partial charge >= 0.3 is 18.9 Å². The third-order valence-electron chi connectivity index (χ3n) is 2.93. The van der Waals surface area contributed by atoms with Crippen molar-refractivity contribution in [2.75, 3.05) is 21.3 Å². The van der Waals surface area contributed by atoms with Gasteiger partial charge in [-0.25, -0.2) is 0 Å². The molecule has 1 saturated carbocycles. The van der Waals surface area contributed by atoms with E-state index in [1.165, 1.54) is 5.92 Å². The molecule has 1 aliphatic rings. The number of methoxy groups -OCH3 is 3. The van der Waals surface area contributed by atoms with Crippen molar-refractivity contribution in [1.29, 1.82) is 0 Å². The van der Waals surface area contributed by atoms with Gasteiger partial charge in [0.05, 0.1) is 21.3 Å². The molecule has 5 radical (unpaired) electrons. The first-order chi connectivity index (χ1) is 8.78. The minimum atomic E-state index is 0. The summed E-state index contributed by atoms with van der Waals surface area (Å²) in [5, 5.41) is 0. The predicted molar refractivity (Wildman–Crippen MR) is 70.2 cm³/mol. The van der Waals surface area contributed by atoms with Crippen LogP contribution in [0.5, 0.6) is 17.2 Å². The van der Waals surface area contributed by atoms with Crippen LogP contribution in [0.3, 0.4) is 0 Å². The van der Waals surface area contributed by atoms with Crippen molar-refractivity contribution in [1.82, 2.24) is 0 Å². The van der Waals surface area contributed by atoms with Crippen LogP contribution >= 0.6 is 0 Å². The monoisotopic (exact) mass is 252 g/mol. The van der Waals surface area contributed by atoms with E-state index in [2.05, 4.69) is 12.8 Å². The van der Waals surface area contributed by atoms with Crippen molar-refractivity contribution in [3.8, 4) is 17.2 Å². The maximum atomic E-state index is 5.42. The zero-order valence-corrected chi connectivity index (χ0v) is 11.9. The van der Waals surface area contributed by atoms with E-state index in [9.17, 15) is 0 Å². The Morgan fingerprint density at radius 2 is 1.37 bits per heavy atom. The van der Waals surface area contributed by atoms with E-state index in [0.717, 1.165) is 29.2 Å². The third-order valence-corrected chi connectivity index (χ3v) is 2.93. The summed E-state index contributed by atoms with van der Waals surface area (Å²) in [7, 11) is 4.94. The summed E-state index contributed by atoms with van der Waals surface area (Å²) in [6.07, 6.45) is 9.01. The third kappa shape index (κ3) is 3.84. The Bertz CT molecular complexity index is 375. The molecule has 1 aromatic rings. The first-order valence-electron chi connectivity index (χ1n) is 5.78. The molecule has 19 heavy (non-hydrogen) atoms. The Morgan fingerprint density at radius 3 is 1.79 bits per heavy atom. The van der Waals surface area contributed by atoms with Crippen LogP contribution in [0, 0.1) is 31.6 Å². The molecule has 95 valence electrons. The molecule has 2 rings (SSSR count). The molecule has 0 bridgehead atoms. The molecule has 4 heteroatoms. The predicted octanol–water partition coefficient (Wildman–Crippen LogP) is -0.336. The Morgan fingerprint density at radius 1 is 0.842 bits per heavy atom. The van der Waals surface area contributed by atoms with Crippen LogP contribution < -0.4 is 33.1 Å². The summed E-state index contributed by atoms with van der Waals surface area (Å²) >= 11 is 0. The van der Waals surface area contributed by atoms with Crippen LogP contribution in [0.2, 0.25) is 0 Å². The fraction of sp³-hybridized carbons (Fsp3) is 0.267. The summed E-state index contributed by atoms with van der Waals surface area (Å²) in [5.41, 5.74) is 1.03. The minimum absolute atomic E-state index is 0. The van der Waals surface area contributed by atoms with Gasteiger partial charge in [-0.05, 0) is 38.0 Å². The van der Waals surface area contributed by atoms with E-state index in [0.29, 0.717) is 0 Å². The fourth-order valence-electron chi connectivity index (χ4n) is 1.99. The van der Waals surface area contributed by atoms with Crippen LogP contribution in [0.15, 0.2) is 12.1 Å². The molecule has 0 heterocycles. The number of benzene rings is 1. The van der Waals surface area contributed by atoms with Gasteiger partial charge in [0.1, 0.15) is 17.2 Å². The second-order valence-electron chi connectivity index (χ2n) is 3.98. The average molecular weight is 252 g/mol. The summed E-state index contributed by atoms with van der Waals surface area (Å²) < 4.78 is 16.1. The van der Waals surface area contributed by atoms with Crippen LogP contribution in [0.1, 0.15) is 5.56 Å². The second kappa shape index (κ2) is 7.72. The van der Waals surface area contributed by atoms with Gasteiger partial charge in [-0.15, -0.1) is 0 Å². The van der Waals surface area contributed by atoms with Gasteiger partial charge in [-0.3, -0.25) is 0 Å². The van der Waals surface area contributed by atoms with Gasteiger partial charge in [0.15, 0.2) is 0 Å². The quantitative estimate of drug-likeness (QED) is 0.671. The molecule has 1 aromatic carbocycles. The van der Waals surface area contributed by atoms with E-state index in [1.54, 1.807) is 21.3 Å². The number of ether oxygens (including phenoxy) is 3. The van der Waals surface area contributed by atoms with E-state index >= 15 is 0 Å². The molecule has 0 unspecified atom stereocenters. The van der Waals surface area contributed by atoms with Crippen molar-refractivity contribution in [2.45, 2.75) is 6.42 Å². The van der Waals surface area contributed by atoms with E-state index < -0.39 is 0 Å². The Hall–Kier alpha value is -0.783. The number of hydrogen-bond donors (Lipinski definition) is 0. The van der Waals surface area contributed by atoms with Crippen molar-refractivity contribution in [3.05, 3.63) is 49.3 Å². The zero-order valence-electron chi connectivity index (χ0n) is 11.9. The van der Waals surface area contributed by atoms with Gasteiger partial charge in [0.2, 0.25) is 0 Å². The Kier molecular flexibility index (Phi) is 6.61. The van der Waals surface area contributed by atoms with E-state index in [-0.39, 0.29) is 18.9 Å². The molecule has 1 fully saturated rings. The fourth-order valence-corrected chi connectivity index (χ4v) is 1.99. The first-order valence-corrected chi connectivity index (χ1v) is 5.78. The molecule has 0 N–H and O–H groups in total. The topological polar surface area (TPSA) is 27.7 Å². The van der Waals surface area contributed by atoms with Gasteiger partial charge in [-0.1, -0.05) is 0 Å². The Labute approximate surface area is 127 Å². The maximum Gasteiger partial charge on any atom is 1.00 e. The van der Waals surface area contributed by atoms with Crippen LogP contribution in [-0.4, -0.2) is 21.3 Å². The SMILES string of the molecule is COc1cc(OC)c(C[C]2[CH][CH][CH][CH]2)c(OC)c1.[Li+]. The van der Waals surface area contributed by atoms with Gasteiger partial charge in [-0.2, -0.15) is 0 Å². The summed E-state index contributed by atoms with van der Waals surface area (Å²) in [4.78, 5) is 0. The standard InChI is InChI=1S/C15H17O3.Li/c1-16-12-9-14(17-2)13(15(10-12)18-3)8-11-6-4-5-7-11;/h4-7,9-10H,8H2,1-3H3;/q;+1. The molecular weight excluding hydrogens is 235 g/mol. The first kappa shape index (κ1) is 16.3. The molecule has 0 aliphatic heterocycles. The van der Waals surface area contributed by atoms with Crippen LogP contribution in [0.4, 0.5) is 0 Å². The van der Waals surface area contributed by atoms with Crippen molar-refractivity contribution in [2.24, 2.45) is 0 Å². The molecule has 0 spiro atoms. The minimum Gasteiger partial charge on any atom is -0.496 e. The van der Waals surface area contributed by atoms with Gasteiger partial charge in [0, 0.05) is 17.7 Å². The number of rotatable bonds is 5. The average Bonchev–Trinajstić information content (AvgIpc) is 2.91. The molecule has 1 aliphatic carbocycles. The summed E-state index contributed by atoms with van der Waals surface area (Å²) in [5.74, 6) is 3.53. The molecular formula is C15H17LiO3+. The van der Waals surface area contributed by atoms with E-state index in [1.807, 2.05) is 25.0 Å². The maximum absolute atomic E-state index is 5.42. The second-order valence-corrected chi connectivity index (χ2v) is 3.98. The normalized spacial score (nSPS) is 14.9. The molecule has 0 atom stereocenters. The van der Waals surface area contributed by atoms with Crippen molar-refractivity contribution >= 4 is 0 Å². The molecule has 3 nitrogen and oxygen atoms in total. The smallest absolute Gasteiger partial charge is 0.496 e. The zero-order chi connectivity index (χ0) is 13.0. The van der Waals surface area contributed by atoms with Crippen molar-refractivity contribution < 1.29 is 33.1 Å². The van der Waals surface area contributed by atoms with Gasteiger partial charge in [0.25, 0.3) is 0 Å². The van der Waals surface area contributed by atoms with E-state index in [4.69, 9.17) is 14.2 Å². The van der Waals surface area contributed by atoms with Crippen molar-refractivity contribution in [3.63, 3.8) is 0 Å². The molecule has 0 saturated heterocycles. The largest absolute Gasteiger partial charge is 1.00 e. The number of hydrogen-bond acceptors (Lipinski definition) is 3. The molecule has 0 amide bonds. The van der Waals surface area contributed by atoms with Crippen LogP contribution in [-0.2, 0) is 6.42 Å².